The zero-order chi connectivity index (χ0) is 7.98. The molecule has 0 atom stereocenters. The highest BCUT2D eigenvalue weighted by molar-refractivity contribution is 7.80. The maximum Gasteiger partial charge on any atom is 0.274 e. The average Bonchev–Trinajstić information content (AvgIpc) is 1.87. The second-order valence-corrected chi connectivity index (χ2v) is 1.40. The minimum atomic E-state index is -0.310. The summed E-state index contributed by atoms with van der Waals surface area (Å²) in [5, 5.41) is 5.83. The summed E-state index contributed by atoms with van der Waals surface area (Å²) < 4.78 is 0. The second-order valence-electron chi connectivity index (χ2n) is 0.985. The Kier molecular flexibility index (Phi) is 3.50. The van der Waals surface area contributed by atoms with Crippen LogP contribution in [0.2, 0.25) is 0 Å². The maximum absolute atomic E-state index is 7.83. The molecule has 9 heteroatoms. The van der Waals surface area contributed by atoms with Crippen LogP contribution < -0.4 is 5.73 Å². The van der Waals surface area contributed by atoms with Crippen LogP contribution in [-0.2, 0) is 0 Å². The fourth-order valence-electron chi connectivity index (χ4n) is 0.182. The fraction of sp³-hybridized carbons (Fsp3) is 0. The standard InChI is InChI=1S/CH2N8S/c2-1(10)9(7-5-3)8-6-4/h(H2,2,10). The lowest BCUT2D eigenvalue weighted by atomic mass is 11.2. The van der Waals surface area contributed by atoms with Gasteiger partial charge in [-0.05, 0) is 12.2 Å². The maximum atomic E-state index is 7.83. The molecule has 0 amide bonds. The van der Waals surface area contributed by atoms with Crippen molar-refractivity contribution in [3.63, 3.8) is 0 Å². The second kappa shape index (κ2) is 4.21. The number of azide groups is 1. The van der Waals surface area contributed by atoms with Gasteiger partial charge in [0.2, 0.25) is 0 Å². The lowest BCUT2D eigenvalue weighted by molar-refractivity contribution is 0.463. The lowest BCUT2D eigenvalue weighted by Crippen LogP contribution is -2.24. The van der Waals surface area contributed by atoms with E-state index in [1.807, 2.05) is 0 Å². The molecule has 0 aromatic heterocycles. The first-order chi connectivity index (χ1) is 4.72. The largest absolute Gasteiger partial charge is 0.356 e. The number of rotatable bonds is 2. The smallest absolute Gasteiger partial charge is 0.274 e. The van der Waals surface area contributed by atoms with Crippen LogP contribution in [0.4, 0.5) is 0 Å². The predicted octanol–water partition coefficient (Wildman–Crippen LogP) is 0.983. The van der Waals surface area contributed by atoms with Gasteiger partial charge in [0.1, 0.15) is 0 Å². The van der Waals surface area contributed by atoms with Crippen LogP contribution >= 0.6 is 12.2 Å². The molecule has 8 nitrogen and oxygen atoms in total. The Morgan fingerprint density at radius 2 is 1.80 bits per heavy atom. The molecule has 2 N–H and O–H groups in total. The Morgan fingerprint density at radius 3 is 2.00 bits per heavy atom. The molecule has 0 unspecified atom stereocenters. The van der Waals surface area contributed by atoms with Gasteiger partial charge in [0, 0.05) is 10.4 Å². The highest BCUT2D eigenvalue weighted by Gasteiger charge is 2.00. The van der Waals surface area contributed by atoms with Crippen LogP contribution in [0.15, 0.2) is 10.4 Å². The molecule has 0 aliphatic carbocycles. The summed E-state index contributed by atoms with van der Waals surface area (Å²) in [6.07, 6.45) is 0. The van der Waals surface area contributed by atoms with E-state index in [0.29, 0.717) is 5.12 Å². The quantitative estimate of drug-likeness (QED) is 0.211. The summed E-state index contributed by atoms with van der Waals surface area (Å²) in [5.41, 5.74) is 20.6. The molecule has 0 saturated heterocycles. The predicted molar refractivity (Wildman–Crippen MR) is 36.9 cm³/mol. The van der Waals surface area contributed by atoms with Crippen LogP contribution in [0, 0.1) is 0 Å². The Bertz CT molecular complexity index is 197. The normalized spacial score (nSPS) is 6.80. The first-order valence-electron chi connectivity index (χ1n) is 1.92. The summed E-state index contributed by atoms with van der Waals surface area (Å²) in [4.78, 5) is 4.59. The molecule has 0 heterocycles. The molecule has 0 radical (unpaired) electrons. The van der Waals surface area contributed by atoms with Gasteiger partial charge in [0.05, 0.1) is 0 Å². The first-order valence-corrected chi connectivity index (χ1v) is 2.32. The fourth-order valence-corrected chi connectivity index (χ4v) is 0.255. The van der Waals surface area contributed by atoms with E-state index in [2.05, 4.69) is 32.5 Å². The zero-order valence-electron chi connectivity index (χ0n) is 4.62. The summed E-state index contributed by atoms with van der Waals surface area (Å²) in [6.45, 7) is 0. The van der Waals surface area contributed by atoms with Gasteiger partial charge in [0.15, 0.2) is 0 Å². The first kappa shape index (κ1) is 8.31. The topological polar surface area (TPSA) is 127 Å². The lowest BCUT2D eigenvalue weighted by Gasteiger charge is -2.00. The van der Waals surface area contributed by atoms with E-state index in [-0.39, 0.29) is 5.11 Å². The third kappa shape index (κ3) is 2.58. The van der Waals surface area contributed by atoms with Gasteiger partial charge >= 0.3 is 0 Å². The number of hydrogen-bond donors (Lipinski definition) is 1. The minimum absolute atomic E-state index is 0.310. The third-order valence-electron chi connectivity index (χ3n) is 0.447. The molecular formula is CH2N8S. The van der Waals surface area contributed by atoms with Gasteiger partial charge in [0.25, 0.3) is 5.11 Å². The van der Waals surface area contributed by atoms with E-state index in [0.717, 1.165) is 0 Å². The minimum Gasteiger partial charge on any atom is -0.356 e. The molecule has 0 fully saturated rings. The molecule has 0 aliphatic rings. The van der Waals surface area contributed by atoms with Crippen molar-refractivity contribution in [1.29, 1.82) is 0 Å². The van der Waals surface area contributed by atoms with Crippen molar-refractivity contribution in [3.8, 4) is 0 Å². The van der Waals surface area contributed by atoms with Gasteiger partial charge in [-0.15, -0.1) is 16.2 Å². The number of nitrogens with two attached hydrogens (primary N) is 1. The highest BCUT2D eigenvalue weighted by atomic mass is 32.1. The Balaban J connectivity index is 4.40. The third-order valence-corrected chi connectivity index (χ3v) is 0.610. The molecular weight excluding hydrogens is 156 g/mol. The van der Waals surface area contributed by atoms with E-state index in [9.17, 15) is 0 Å². The van der Waals surface area contributed by atoms with Crippen molar-refractivity contribution >= 4 is 17.3 Å². The van der Waals surface area contributed by atoms with Crippen molar-refractivity contribution < 1.29 is 0 Å². The molecule has 52 valence electrons. The SMILES string of the molecule is [N-]=[N+]=NN(N=[N+]=[N-])C(N)=S. The molecule has 0 saturated carbocycles. The van der Waals surface area contributed by atoms with Gasteiger partial charge in [-0.25, -0.2) is 0 Å². The van der Waals surface area contributed by atoms with Crippen LogP contribution in [0.3, 0.4) is 0 Å². The number of thiocarbonyl (C=S) groups is 1. The number of nitrogens with zero attached hydrogens (tertiary/aromatic N) is 7. The van der Waals surface area contributed by atoms with Crippen molar-refractivity contribution in [2.45, 2.75) is 0 Å². The van der Waals surface area contributed by atoms with Crippen LogP contribution in [0.5, 0.6) is 0 Å². The van der Waals surface area contributed by atoms with Crippen molar-refractivity contribution in [2.75, 3.05) is 0 Å². The van der Waals surface area contributed by atoms with Crippen molar-refractivity contribution in [1.82, 2.24) is 5.12 Å². The zero-order valence-corrected chi connectivity index (χ0v) is 5.43. The van der Waals surface area contributed by atoms with E-state index in [1.165, 1.54) is 0 Å². The number of hydrogen-bond acceptors (Lipinski definition) is 3. The van der Waals surface area contributed by atoms with Crippen LogP contribution in [0.1, 0.15) is 0 Å². The molecule has 0 bridgehead atoms. The summed E-state index contributed by atoms with van der Waals surface area (Å²) in [5.74, 6) is 0. The average molecular weight is 158 g/mol. The molecule has 10 heavy (non-hydrogen) atoms. The molecule has 0 rings (SSSR count). The molecule has 0 aliphatic heterocycles. The molecule has 0 aromatic rings. The highest BCUT2D eigenvalue weighted by Crippen LogP contribution is 1.90. The molecule has 0 aromatic carbocycles. The van der Waals surface area contributed by atoms with Crippen molar-refractivity contribution in [2.24, 2.45) is 16.2 Å². The van der Waals surface area contributed by atoms with E-state index >= 15 is 0 Å². The van der Waals surface area contributed by atoms with Crippen molar-refractivity contribution in [3.05, 3.63) is 20.9 Å². The Hall–Kier alpha value is -1.69. The van der Waals surface area contributed by atoms with E-state index in [1.54, 1.807) is 0 Å². The summed E-state index contributed by atoms with van der Waals surface area (Å²) in [7, 11) is 0. The Morgan fingerprint density at radius 1 is 1.40 bits per heavy atom. The van der Waals surface area contributed by atoms with Crippen LogP contribution in [0.25, 0.3) is 20.9 Å². The van der Waals surface area contributed by atoms with Gasteiger partial charge in [-0.3, -0.25) is 0 Å². The Labute approximate surface area is 60.4 Å². The molecule has 0 spiro atoms. The van der Waals surface area contributed by atoms with E-state index in [4.69, 9.17) is 16.8 Å². The summed E-state index contributed by atoms with van der Waals surface area (Å²) in [6, 6.07) is 0. The van der Waals surface area contributed by atoms with E-state index < -0.39 is 0 Å². The van der Waals surface area contributed by atoms with Crippen LogP contribution in [-0.4, -0.2) is 10.2 Å². The summed E-state index contributed by atoms with van der Waals surface area (Å²) >= 11 is 4.32. The van der Waals surface area contributed by atoms with Gasteiger partial charge in [-0.2, -0.15) is 9.82 Å². The van der Waals surface area contributed by atoms with Gasteiger partial charge < -0.3 is 5.73 Å². The monoisotopic (exact) mass is 158 g/mol. The van der Waals surface area contributed by atoms with Gasteiger partial charge in [-0.1, -0.05) is 0 Å².